The van der Waals surface area contributed by atoms with Gasteiger partial charge in [-0.3, -0.25) is 14.9 Å². The highest BCUT2D eigenvalue weighted by Gasteiger charge is 2.15. The van der Waals surface area contributed by atoms with Crippen LogP contribution in [0.1, 0.15) is 5.56 Å². The number of hydrogen-bond acceptors (Lipinski definition) is 4. The van der Waals surface area contributed by atoms with E-state index in [1.807, 2.05) is 6.07 Å². The van der Waals surface area contributed by atoms with Gasteiger partial charge in [-0.25, -0.2) is 0 Å². The first kappa shape index (κ1) is 10.2. The maximum atomic E-state index is 10.7. The lowest BCUT2D eigenvalue weighted by Crippen LogP contribution is -2.03. The first-order valence-corrected chi connectivity index (χ1v) is 4.64. The summed E-state index contributed by atoms with van der Waals surface area (Å²) in [5.41, 5.74) is 7.24. The smallest absolute Gasteiger partial charge is 0.308 e. The van der Waals surface area contributed by atoms with Gasteiger partial charge in [0.05, 0.1) is 17.8 Å². The van der Waals surface area contributed by atoms with Crippen molar-refractivity contribution < 1.29 is 9.90 Å². The summed E-state index contributed by atoms with van der Waals surface area (Å²) < 4.78 is 0. The number of carboxylic acids is 1. The van der Waals surface area contributed by atoms with Gasteiger partial charge in [0, 0.05) is 11.8 Å². The van der Waals surface area contributed by atoms with Crippen LogP contribution < -0.4 is 5.73 Å². The monoisotopic (exact) mass is 218 g/mol. The SMILES string of the molecule is Nc1n[nH]c(-c2ccccn2)c1CC(=O)O. The van der Waals surface area contributed by atoms with E-state index in [0.29, 0.717) is 17.0 Å². The van der Waals surface area contributed by atoms with E-state index in [2.05, 4.69) is 15.2 Å². The van der Waals surface area contributed by atoms with E-state index in [1.54, 1.807) is 18.3 Å². The van der Waals surface area contributed by atoms with Crippen molar-refractivity contribution in [2.24, 2.45) is 0 Å². The second-order valence-electron chi connectivity index (χ2n) is 3.25. The maximum absolute atomic E-state index is 10.7. The molecule has 0 saturated carbocycles. The molecule has 0 aliphatic rings. The van der Waals surface area contributed by atoms with Gasteiger partial charge in [0.15, 0.2) is 0 Å². The predicted octanol–water partition coefficient (Wildman–Crippen LogP) is 0.681. The lowest BCUT2D eigenvalue weighted by Gasteiger charge is -2.00. The molecule has 2 heterocycles. The van der Waals surface area contributed by atoms with Crippen LogP contribution in [0, 0.1) is 0 Å². The molecule has 0 atom stereocenters. The Balaban J connectivity index is 2.46. The van der Waals surface area contributed by atoms with Gasteiger partial charge in [-0.2, -0.15) is 5.10 Å². The molecule has 0 radical (unpaired) electrons. The molecule has 16 heavy (non-hydrogen) atoms. The Kier molecular flexibility index (Phi) is 2.55. The number of anilines is 1. The second kappa shape index (κ2) is 4.01. The Morgan fingerprint density at radius 1 is 1.50 bits per heavy atom. The van der Waals surface area contributed by atoms with Gasteiger partial charge in [0.25, 0.3) is 0 Å². The molecule has 0 fully saturated rings. The number of nitrogens with zero attached hydrogens (tertiary/aromatic N) is 2. The van der Waals surface area contributed by atoms with Crippen LogP contribution in [0.25, 0.3) is 11.4 Å². The molecule has 2 rings (SSSR count). The third-order valence-corrected chi connectivity index (χ3v) is 2.15. The number of hydrogen-bond donors (Lipinski definition) is 3. The first-order chi connectivity index (χ1) is 7.68. The van der Waals surface area contributed by atoms with E-state index in [4.69, 9.17) is 10.8 Å². The molecule has 2 aromatic rings. The molecule has 0 amide bonds. The molecule has 0 aliphatic carbocycles. The Bertz CT molecular complexity index is 507. The number of H-pyrrole nitrogens is 1. The first-order valence-electron chi connectivity index (χ1n) is 4.64. The molecule has 0 aromatic carbocycles. The van der Waals surface area contributed by atoms with Crippen LogP contribution in [0.2, 0.25) is 0 Å². The average molecular weight is 218 g/mol. The molecule has 6 heteroatoms. The highest BCUT2D eigenvalue weighted by molar-refractivity contribution is 5.77. The van der Waals surface area contributed by atoms with Crippen molar-refractivity contribution >= 4 is 11.8 Å². The number of carboxylic acid groups (broad SMARTS) is 1. The molecule has 0 unspecified atom stereocenters. The zero-order chi connectivity index (χ0) is 11.5. The number of aromatic amines is 1. The number of nitrogens with one attached hydrogen (secondary N) is 1. The van der Waals surface area contributed by atoms with Crippen LogP contribution in [0.3, 0.4) is 0 Å². The minimum atomic E-state index is -0.953. The van der Waals surface area contributed by atoms with Crippen molar-refractivity contribution in [1.29, 1.82) is 0 Å². The predicted molar refractivity (Wildman–Crippen MR) is 57.6 cm³/mol. The van der Waals surface area contributed by atoms with E-state index in [9.17, 15) is 4.79 Å². The largest absolute Gasteiger partial charge is 0.481 e. The van der Waals surface area contributed by atoms with Crippen molar-refractivity contribution in [1.82, 2.24) is 15.2 Å². The van der Waals surface area contributed by atoms with Crippen molar-refractivity contribution in [3.63, 3.8) is 0 Å². The topological polar surface area (TPSA) is 105 Å². The fourth-order valence-electron chi connectivity index (χ4n) is 1.43. The summed E-state index contributed by atoms with van der Waals surface area (Å²) in [6, 6.07) is 5.35. The summed E-state index contributed by atoms with van der Waals surface area (Å²) in [6.07, 6.45) is 1.45. The summed E-state index contributed by atoms with van der Waals surface area (Å²) in [6.45, 7) is 0. The number of pyridine rings is 1. The summed E-state index contributed by atoms with van der Waals surface area (Å²) >= 11 is 0. The molecule has 82 valence electrons. The van der Waals surface area contributed by atoms with Crippen molar-refractivity contribution in [2.75, 3.05) is 5.73 Å². The summed E-state index contributed by atoms with van der Waals surface area (Å²) in [5, 5.41) is 15.3. The Morgan fingerprint density at radius 2 is 2.31 bits per heavy atom. The van der Waals surface area contributed by atoms with Gasteiger partial charge in [-0.15, -0.1) is 0 Å². The van der Waals surface area contributed by atoms with Crippen LogP contribution in [-0.2, 0) is 11.2 Å². The van der Waals surface area contributed by atoms with Gasteiger partial charge < -0.3 is 10.8 Å². The molecule has 0 aliphatic heterocycles. The van der Waals surface area contributed by atoms with Gasteiger partial charge >= 0.3 is 5.97 Å². The number of rotatable bonds is 3. The van der Waals surface area contributed by atoms with Crippen LogP contribution >= 0.6 is 0 Å². The molecule has 2 aromatic heterocycles. The number of aromatic nitrogens is 3. The Morgan fingerprint density at radius 3 is 2.94 bits per heavy atom. The van der Waals surface area contributed by atoms with Crippen LogP contribution in [0.5, 0.6) is 0 Å². The minimum Gasteiger partial charge on any atom is -0.481 e. The van der Waals surface area contributed by atoms with E-state index < -0.39 is 5.97 Å². The third-order valence-electron chi connectivity index (χ3n) is 2.15. The summed E-state index contributed by atoms with van der Waals surface area (Å²) in [7, 11) is 0. The number of nitrogens with two attached hydrogens (primary N) is 1. The van der Waals surface area contributed by atoms with E-state index >= 15 is 0 Å². The van der Waals surface area contributed by atoms with Gasteiger partial charge in [0.2, 0.25) is 0 Å². The normalized spacial score (nSPS) is 10.2. The average Bonchev–Trinajstić information content (AvgIpc) is 2.61. The zero-order valence-electron chi connectivity index (χ0n) is 8.34. The summed E-state index contributed by atoms with van der Waals surface area (Å²) in [4.78, 5) is 14.8. The highest BCUT2D eigenvalue weighted by Crippen LogP contribution is 2.23. The standard InChI is InChI=1S/C10H10N4O2/c11-10-6(5-8(15)16)9(13-14-10)7-3-1-2-4-12-7/h1-4H,5H2,(H,15,16)(H3,11,13,14). The van der Waals surface area contributed by atoms with E-state index in [1.165, 1.54) is 0 Å². The molecule has 0 spiro atoms. The zero-order valence-corrected chi connectivity index (χ0v) is 8.34. The number of carbonyl (C=O) groups is 1. The van der Waals surface area contributed by atoms with Gasteiger partial charge in [-0.05, 0) is 12.1 Å². The molecule has 6 nitrogen and oxygen atoms in total. The minimum absolute atomic E-state index is 0.172. The highest BCUT2D eigenvalue weighted by atomic mass is 16.4. The molecule has 0 saturated heterocycles. The second-order valence-corrected chi connectivity index (χ2v) is 3.25. The fraction of sp³-hybridized carbons (Fsp3) is 0.100. The lowest BCUT2D eigenvalue weighted by molar-refractivity contribution is -0.136. The molecular weight excluding hydrogens is 208 g/mol. The molecule has 4 N–H and O–H groups in total. The van der Waals surface area contributed by atoms with Gasteiger partial charge in [0.1, 0.15) is 5.82 Å². The third kappa shape index (κ3) is 1.85. The van der Waals surface area contributed by atoms with Crippen molar-refractivity contribution in [3.05, 3.63) is 30.0 Å². The Labute approximate surface area is 91.1 Å². The van der Waals surface area contributed by atoms with Crippen molar-refractivity contribution in [3.8, 4) is 11.4 Å². The quantitative estimate of drug-likeness (QED) is 0.702. The lowest BCUT2D eigenvalue weighted by atomic mass is 10.1. The Hall–Kier alpha value is -2.37. The van der Waals surface area contributed by atoms with Crippen molar-refractivity contribution in [2.45, 2.75) is 6.42 Å². The number of nitrogen functional groups attached to an aromatic ring is 1. The maximum Gasteiger partial charge on any atom is 0.308 e. The van der Waals surface area contributed by atoms with E-state index in [-0.39, 0.29) is 12.2 Å². The van der Waals surface area contributed by atoms with Crippen LogP contribution in [0.4, 0.5) is 5.82 Å². The molecule has 0 bridgehead atoms. The number of aliphatic carboxylic acids is 1. The fourth-order valence-corrected chi connectivity index (χ4v) is 1.43. The van der Waals surface area contributed by atoms with Crippen LogP contribution in [-0.4, -0.2) is 26.3 Å². The summed E-state index contributed by atoms with van der Waals surface area (Å²) in [5.74, 6) is -0.756. The van der Waals surface area contributed by atoms with E-state index in [0.717, 1.165) is 0 Å². The molecular formula is C10H10N4O2. The van der Waals surface area contributed by atoms with Crippen LogP contribution in [0.15, 0.2) is 24.4 Å². The van der Waals surface area contributed by atoms with Gasteiger partial charge in [-0.1, -0.05) is 6.07 Å².